The first kappa shape index (κ1) is 19.4. The highest BCUT2D eigenvalue weighted by atomic mass is 35.5. The summed E-state index contributed by atoms with van der Waals surface area (Å²) in [6, 6.07) is 39.3. The van der Waals surface area contributed by atoms with Crippen molar-refractivity contribution in [1.82, 2.24) is 0 Å². The average molecular weight is 414 g/mol. The molecule has 0 atom stereocenters. The van der Waals surface area contributed by atoms with E-state index in [-0.39, 0.29) is 0 Å². The van der Waals surface area contributed by atoms with Crippen molar-refractivity contribution in [1.29, 1.82) is 0 Å². The number of nitrogens with zero attached hydrogens (tertiary/aromatic N) is 1. The molecule has 4 rings (SSSR count). The molecule has 4 aromatic rings. The smallest absolute Gasteiger partial charge is 0.0600 e. The first-order valence-electron chi connectivity index (χ1n) is 9.39. The first-order valence-corrected chi connectivity index (χ1v) is 10.6. The Bertz CT molecular complexity index is 1020. The number of thioether (sulfide) groups is 1. The number of halogens is 1. The number of hydrogen-bond acceptors (Lipinski definition) is 2. The summed E-state index contributed by atoms with van der Waals surface area (Å²) in [6.07, 6.45) is 0. The third kappa shape index (κ3) is 4.92. The Hall–Kier alpha value is -2.94. The van der Waals surface area contributed by atoms with Crippen molar-refractivity contribution < 1.29 is 0 Å². The van der Waals surface area contributed by atoms with Gasteiger partial charge in [-0.05, 0) is 54.1 Å². The van der Waals surface area contributed by atoms with E-state index in [2.05, 4.69) is 83.1 Å². The zero-order chi connectivity index (χ0) is 19.9. The van der Waals surface area contributed by atoms with Crippen LogP contribution < -0.4 is 4.90 Å². The second kappa shape index (κ2) is 9.51. The van der Waals surface area contributed by atoms with E-state index in [1.165, 1.54) is 0 Å². The lowest BCUT2D eigenvalue weighted by atomic mass is 10.1. The summed E-state index contributed by atoms with van der Waals surface area (Å²) < 4.78 is 0. The third-order valence-corrected chi connectivity index (χ3v) is 5.60. The standard InChI is InChI=1S/C26H20ClNS/c27-22-16-18-25(19-17-22)29-20-26(21-10-4-1-5-11-21)28(23-12-6-2-7-13-23)24-14-8-3-9-15-24/h1-20H/b26-20-. The van der Waals surface area contributed by atoms with E-state index >= 15 is 0 Å². The molecule has 0 heterocycles. The summed E-state index contributed by atoms with van der Waals surface area (Å²) >= 11 is 7.74. The van der Waals surface area contributed by atoms with Crippen LogP contribution in [0.5, 0.6) is 0 Å². The predicted molar refractivity (Wildman–Crippen MR) is 127 cm³/mol. The zero-order valence-electron chi connectivity index (χ0n) is 15.8. The van der Waals surface area contributed by atoms with Gasteiger partial charge >= 0.3 is 0 Å². The minimum absolute atomic E-state index is 0.747. The van der Waals surface area contributed by atoms with Gasteiger partial charge in [0.15, 0.2) is 0 Å². The van der Waals surface area contributed by atoms with Gasteiger partial charge in [-0.25, -0.2) is 0 Å². The molecule has 1 nitrogen and oxygen atoms in total. The van der Waals surface area contributed by atoms with Gasteiger partial charge in [-0.15, -0.1) is 0 Å². The number of hydrogen-bond donors (Lipinski definition) is 0. The van der Waals surface area contributed by atoms with Crippen LogP contribution in [0.4, 0.5) is 11.4 Å². The molecule has 0 aliphatic heterocycles. The number of para-hydroxylation sites is 2. The van der Waals surface area contributed by atoms with Gasteiger partial charge in [0.25, 0.3) is 0 Å². The Labute approximate surface area is 181 Å². The van der Waals surface area contributed by atoms with Crippen molar-refractivity contribution in [3.63, 3.8) is 0 Å². The lowest BCUT2D eigenvalue weighted by Gasteiger charge is -2.28. The number of anilines is 2. The molecule has 142 valence electrons. The minimum Gasteiger partial charge on any atom is -0.309 e. The van der Waals surface area contributed by atoms with E-state index in [4.69, 9.17) is 11.6 Å². The van der Waals surface area contributed by atoms with Crippen LogP contribution in [0.15, 0.2) is 126 Å². The van der Waals surface area contributed by atoms with Gasteiger partial charge < -0.3 is 4.90 Å². The highest BCUT2D eigenvalue weighted by molar-refractivity contribution is 8.02. The van der Waals surface area contributed by atoms with Crippen molar-refractivity contribution in [3.8, 4) is 0 Å². The van der Waals surface area contributed by atoms with Crippen LogP contribution in [0.25, 0.3) is 5.70 Å². The molecule has 0 aromatic heterocycles. The summed E-state index contributed by atoms with van der Waals surface area (Å²) in [5.41, 5.74) is 4.50. The van der Waals surface area contributed by atoms with Crippen molar-refractivity contribution in [3.05, 3.63) is 131 Å². The van der Waals surface area contributed by atoms with Crippen molar-refractivity contribution in [2.45, 2.75) is 4.90 Å². The lowest BCUT2D eigenvalue weighted by Crippen LogP contribution is -2.15. The molecule has 0 spiro atoms. The lowest BCUT2D eigenvalue weighted by molar-refractivity contribution is 1.29. The predicted octanol–water partition coefficient (Wildman–Crippen LogP) is 8.27. The molecule has 0 N–H and O–H groups in total. The second-order valence-electron chi connectivity index (χ2n) is 6.45. The Balaban J connectivity index is 1.82. The quantitative estimate of drug-likeness (QED) is 0.292. The van der Waals surface area contributed by atoms with E-state index in [1.54, 1.807) is 11.8 Å². The van der Waals surface area contributed by atoms with Gasteiger partial charge in [0.1, 0.15) is 0 Å². The molecule has 0 unspecified atom stereocenters. The number of rotatable bonds is 6. The molecule has 0 saturated carbocycles. The monoisotopic (exact) mass is 413 g/mol. The zero-order valence-corrected chi connectivity index (χ0v) is 17.4. The fourth-order valence-electron chi connectivity index (χ4n) is 3.08. The number of benzene rings is 4. The molecule has 0 amide bonds. The van der Waals surface area contributed by atoms with Crippen LogP contribution in [-0.2, 0) is 0 Å². The molecule has 0 aliphatic rings. The van der Waals surface area contributed by atoms with E-state index < -0.39 is 0 Å². The average Bonchev–Trinajstić information content (AvgIpc) is 2.79. The Morgan fingerprint density at radius 3 is 1.62 bits per heavy atom. The molecule has 4 aromatic carbocycles. The van der Waals surface area contributed by atoms with E-state index in [1.807, 2.05) is 42.5 Å². The normalized spacial score (nSPS) is 11.3. The molecule has 0 saturated heterocycles. The van der Waals surface area contributed by atoms with Gasteiger partial charge in [0, 0.05) is 26.7 Å². The van der Waals surface area contributed by atoms with E-state index in [9.17, 15) is 0 Å². The summed E-state index contributed by atoms with van der Waals surface area (Å²) in [4.78, 5) is 3.43. The van der Waals surface area contributed by atoms with Crippen LogP contribution >= 0.6 is 23.4 Å². The van der Waals surface area contributed by atoms with Gasteiger partial charge in [-0.3, -0.25) is 0 Å². The minimum atomic E-state index is 0.747. The van der Waals surface area contributed by atoms with Crippen molar-refractivity contribution in [2.75, 3.05) is 4.90 Å². The van der Waals surface area contributed by atoms with Crippen LogP contribution in [0.1, 0.15) is 5.56 Å². The Morgan fingerprint density at radius 1 is 0.621 bits per heavy atom. The fourth-order valence-corrected chi connectivity index (χ4v) is 3.99. The molecular formula is C26H20ClNS. The largest absolute Gasteiger partial charge is 0.309 e. The van der Waals surface area contributed by atoms with Gasteiger partial charge in [-0.2, -0.15) is 0 Å². The Morgan fingerprint density at radius 2 is 1.10 bits per heavy atom. The maximum Gasteiger partial charge on any atom is 0.0600 e. The maximum absolute atomic E-state index is 6.05. The van der Waals surface area contributed by atoms with Gasteiger partial charge in [0.2, 0.25) is 0 Å². The highest BCUT2D eigenvalue weighted by Gasteiger charge is 2.16. The van der Waals surface area contributed by atoms with E-state index in [0.29, 0.717) is 0 Å². The molecule has 3 heteroatoms. The van der Waals surface area contributed by atoms with Crippen LogP contribution in [0.3, 0.4) is 0 Å². The maximum atomic E-state index is 6.05. The molecular weight excluding hydrogens is 394 g/mol. The molecule has 0 aliphatic carbocycles. The summed E-state index contributed by atoms with van der Waals surface area (Å²) in [5.74, 6) is 0. The SMILES string of the molecule is Clc1ccc(S/C=C(/c2ccccc2)N(c2ccccc2)c2ccccc2)cc1. The van der Waals surface area contributed by atoms with Crippen LogP contribution in [0, 0.1) is 0 Å². The fraction of sp³-hybridized carbons (Fsp3) is 0. The summed E-state index contributed by atoms with van der Waals surface area (Å²) in [6.45, 7) is 0. The van der Waals surface area contributed by atoms with Gasteiger partial charge in [-0.1, -0.05) is 90.1 Å². The summed E-state index contributed by atoms with van der Waals surface area (Å²) in [7, 11) is 0. The van der Waals surface area contributed by atoms with Gasteiger partial charge in [0.05, 0.1) is 5.70 Å². The Kier molecular flexibility index (Phi) is 6.35. The highest BCUT2D eigenvalue weighted by Crippen LogP contribution is 2.37. The molecule has 0 fully saturated rings. The van der Waals surface area contributed by atoms with Crippen LogP contribution in [-0.4, -0.2) is 0 Å². The van der Waals surface area contributed by atoms with Crippen molar-refractivity contribution >= 4 is 40.4 Å². The van der Waals surface area contributed by atoms with Crippen LogP contribution in [0.2, 0.25) is 5.02 Å². The third-order valence-electron chi connectivity index (χ3n) is 4.46. The molecule has 29 heavy (non-hydrogen) atoms. The molecule has 0 radical (unpaired) electrons. The summed E-state index contributed by atoms with van der Waals surface area (Å²) in [5, 5.41) is 2.95. The van der Waals surface area contributed by atoms with E-state index in [0.717, 1.165) is 32.6 Å². The molecule has 0 bridgehead atoms. The topological polar surface area (TPSA) is 3.24 Å². The first-order chi connectivity index (χ1) is 14.3. The second-order valence-corrected chi connectivity index (χ2v) is 7.83. The van der Waals surface area contributed by atoms with Crippen molar-refractivity contribution in [2.24, 2.45) is 0 Å².